The molecule has 0 unspecified atom stereocenters. The zero-order chi connectivity index (χ0) is 8.55. The first-order valence-electron chi connectivity index (χ1n) is 3.49. The largest absolute Gasteiger partial charge is 0.157 e. The molecule has 0 aliphatic heterocycles. The predicted octanol–water partition coefficient (Wildman–Crippen LogP) is 1.98. The Morgan fingerprint density at radius 1 is 1.58 bits per heavy atom. The summed E-state index contributed by atoms with van der Waals surface area (Å²) in [6, 6.07) is 1.99. The van der Waals surface area contributed by atoms with Gasteiger partial charge in [0.2, 0.25) is 0 Å². The van der Waals surface area contributed by atoms with Crippen LogP contribution in [-0.2, 0) is 0 Å². The van der Waals surface area contributed by atoms with Gasteiger partial charge in [0.1, 0.15) is 5.52 Å². The Kier molecular flexibility index (Phi) is 1.56. The molecule has 2 nitrogen and oxygen atoms in total. The Hall–Kier alpha value is -1.40. The summed E-state index contributed by atoms with van der Waals surface area (Å²) in [5.74, 6) is 2.59. The lowest BCUT2D eigenvalue weighted by Crippen LogP contribution is -1.82. The fourth-order valence-electron chi connectivity index (χ4n) is 1.08. The van der Waals surface area contributed by atoms with Crippen molar-refractivity contribution >= 4 is 21.6 Å². The predicted molar refractivity (Wildman–Crippen MR) is 50.1 cm³/mol. The molecule has 0 radical (unpaired) electrons. The van der Waals surface area contributed by atoms with E-state index < -0.39 is 0 Å². The van der Waals surface area contributed by atoms with Gasteiger partial charge in [-0.2, -0.15) is 5.10 Å². The molecule has 0 fully saturated rings. The van der Waals surface area contributed by atoms with Gasteiger partial charge in [-0.3, -0.25) is 0 Å². The molecule has 2 aromatic heterocycles. The van der Waals surface area contributed by atoms with E-state index in [1.54, 1.807) is 17.5 Å². The molecular formula is C9H6N2S. The molecule has 0 aliphatic carbocycles. The molecule has 2 heterocycles. The van der Waals surface area contributed by atoms with Crippen molar-refractivity contribution in [3.63, 3.8) is 0 Å². The number of aryl methyl sites for hydroxylation is 1. The molecule has 0 bridgehead atoms. The summed E-state index contributed by atoms with van der Waals surface area (Å²) in [5, 5.41) is 7.79. The van der Waals surface area contributed by atoms with Crippen LogP contribution in [-0.4, -0.2) is 10.2 Å². The lowest BCUT2D eigenvalue weighted by molar-refractivity contribution is 1.07. The fraction of sp³-hybridized carbons (Fsp3) is 0.111. The molecule has 3 heteroatoms. The van der Waals surface area contributed by atoms with Crippen LogP contribution in [0.1, 0.15) is 10.4 Å². The average Bonchev–Trinajstić information content (AvgIpc) is 2.44. The monoisotopic (exact) mass is 174 g/mol. The summed E-state index contributed by atoms with van der Waals surface area (Å²) >= 11 is 1.66. The maximum absolute atomic E-state index is 5.31. The normalized spacial score (nSPS) is 10.0. The van der Waals surface area contributed by atoms with Crippen LogP contribution in [0.3, 0.4) is 0 Å². The fourth-order valence-corrected chi connectivity index (χ4v) is 2.00. The van der Waals surface area contributed by atoms with Crippen molar-refractivity contribution in [3.05, 3.63) is 22.7 Å². The summed E-state index contributed by atoms with van der Waals surface area (Å²) in [5.41, 5.74) is 1.73. The molecule has 2 aromatic rings. The minimum absolute atomic E-state index is 0.832. The summed E-state index contributed by atoms with van der Waals surface area (Å²) in [7, 11) is 0. The second-order valence-electron chi connectivity index (χ2n) is 2.47. The summed E-state index contributed by atoms with van der Waals surface area (Å²) in [6.45, 7) is 2.03. The van der Waals surface area contributed by atoms with Gasteiger partial charge in [-0.05, 0) is 13.0 Å². The third-order valence-electron chi connectivity index (χ3n) is 1.59. The Balaban J connectivity index is 2.89. The standard InChI is InChI=1S/C9H6N2S/c1-3-7-5-10-11-8-4-6(2)12-9(7)8/h1,4-5H,2H3. The topological polar surface area (TPSA) is 25.8 Å². The molecule has 0 spiro atoms. The van der Waals surface area contributed by atoms with Crippen molar-refractivity contribution < 1.29 is 0 Å². The molecule has 0 saturated carbocycles. The van der Waals surface area contributed by atoms with Gasteiger partial charge in [0.05, 0.1) is 16.5 Å². The number of fused-ring (bicyclic) bond motifs is 1. The van der Waals surface area contributed by atoms with Gasteiger partial charge in [-0.1, -0.05) is 5.92 Å². The van der Waals surface area contributed by atoms with Gasteiger partial charge in [0, 0.05) is 4.88 Å². The van der Waals surface area contributed by atoms with E-state index in [1.807, 2.05) is 13.0 Å². The summed E-state index contributed by atoms with van der Waals surface area (Å²) < 4.78 is 1.06. The first kappa shape index (κ1) is 7.26. The van der Waals surface area contributed by atoms with E-state index in [0.29, 0.717) is 0 Å². The van der Waals surface area contributed by atoms with Gasteiger partial charge in [-0.15, -0.1) is 22.9 Å². The molecule has 12 heavy (non-hydrogen) atoms. The van der Waals surface area contributed by atoms with Crippen LogP contribution in [0.15, 0.2) is 12.3 Å². The highest BCUT2D eigenvalue weighted by Crippen LogP contribution is 2.24. The average molecular weight is 174 g/mol. The molecule has 0 aliphatic rings. The molecule has 0 N–H and O–H groups in total. The molecule has 2 rings (SSSR count). The first-order chi connectivity index (χ1) is 5.81. The summed E-state index contributed by atoms with van der Waals surface area (Å²) in [4.78, 5) is 1.21. The van der Waals surface area contributed by atoms with E-state index >= 15 is 0 Å². The minimum Gasteiger partial charge on any atom is -0.157 e. The number of hydrogen-bond donors (Lipinski definition) is 0. The van der Waals surface area contributed by atoms with Crippen molar-refractivity contribution in [1.29, 1.82) is 0 Å². The van der Waals surface area contributed by atoms with E-state index in [2.05, 4.69) is 16.1 Å². The molecule has 0 saturated heterocycles. The third-order valence-corrected chi connectivity index (χ3v) is 2.66. The zero-order valence-electron chi connectivity index (χ0n) is 6.53. The van der Waals surface area contributed by atoms with Crippen molar-refractivity contribution in [2.45, 2.75) is 6.92 Å². The maximum Gasteiger partial charge on any atom is 0.105 e. The Labute approximate surface area is 74.3 Å². The van der Waals surface area contributed by atoms with Crippen molar-refractivity contribution in [3.8, 4) is 12.3 Å². The Bertz CT molecular complexity index is 465. The highest BCUT2D eigenvalue weighted by molar-refractivity contribution is 7.19. The number of terminal acetylenes is 1. The van der Waals surface area contributed by atoms with E-state index in [1.165, 1.54) is 4.88 Å². The maximum atomic E-state index is 5.31. The van der Waals surface area contributed by atoms with Crippen molar-refractivity contribution in [2.75, 3.05) is 0 Å². The van der Waals surface area contributed by atoms with Crippen LogP contribution in [0.4, 0.5) is 0 Å². The minimum atomic E-state index is 0.832. The molecular weight excluding hydrogens is 168 g/mol. The highest BCUT2D eigenvalue weighted by atomic mass is 32.1. The smallest absolute Gasteiger partial charge is 0.105 e. The second kappa shape index (κ2) is 2.58. The lowest BCUT2D eigenvalue weighted by Gasteiger charge is -1.89. The van der Waals surface area contributed by atoms with Gasteiger partial charge < -0.3 is 0 Å². The third kappa shape index (κ3) is 0.973. The summed E-state index contributed by atoms with van der Waals surface area (Å²) in [6.07, 6.45) is 6.94. The van der Waals surface area contributed by atoms with Crippen LogP contribution in [0, 0.1) is 19.3 Å². The second-order valence-corrected chi connectivity index (χ2v) is 3.73. The van der Waals surface area contributed by atoms with Crippen LogP contribution in [0.2, 0.25) is 0 Å². The van der Waals surface area contributed by atoms with Gasteiger partial charge in [0.25, 0.3) is 0 Å². The number of nitrogens with zero attached hydrogens (tertiary/aromatic N) is 2. The van der Waals surface area contributed by atoms with Crippen LogP contribution < -0.4 is 0 Å². The quantitative estimate of drug-likeness (QED) is 0.571. The molecule has 0 atom stereocenters. The Morgan fingerprint density at radius 3 is 3.17 bits per heavy atom. The molecule has 0 aromatic carbocycles. The van der Waals surface area contributed by atoms with Crippen LogP contribution in [0.5, 0.6) is 0 Å². The van der Waals surface area contributed by atoms with Crippen LogP contribution in [0.25, 0.3) is 10.2 Å². The van der Waals surface area contributed by atoms with Gasteiger partial charge in [0.15, 0.2) is 0 Å². The zero-order valence-corrected chi connectivity index (χ0v) is 7.35. The van der Waals surface area contributed by atoms with E-state index in [9.17, 15) is 0 Å². The first-order valence-corrected chi connectivity index (χ1v) is 4.31. The Morgan fingerprint density at radius 2 is 2.42 bits per heavy atom. The number of hydrogen-bond acceptors (Lipinski definition) is 3. The van der Waals surface area contributed by atoms with E-state index in [4.69, 9.17) is 6.42 Å². The molecule has 0 amide bonds. The van der Waals surface area contributed by atoms with Crippen molar-refractivity contribution in [2.24, 2.45) is 0 Å². The van der Waals surface area contributed by atoms with E-state index in [0.717, 1.165) is 15.8 Å². The number of aromatic nitrogens is 2. The SMILES string of the molecule is C#Cc1cnnc2cc(C)sc12. The number of thiophene rings is 1. The van der Waals surface area contributed by atoms with Crippen molar-refractivity contribution in [1.82, 2.24) is 10.2 Å². The van der Waals surface area contributed by atoms with Gasteiger partial charge in [-0.25, -0.2) is 0 Å². The highest BCUT2D eigenvalue weighted by Gasteiger charge is 2.03. The van der Waals surface area contributed by atoms with Crippen LogP contribution >= 0.6 is 11.3 Å². The lowest BCUT2D eigenvalue weighted by atomic mass is 10.3. The number of rotatable bonds is 0. The van der Waals surface area contributed by atoms with Gasteiger partial charge >= 0.3 is 0 Å². The van der Waals surface area contributed by atoms with E-state index in [-0.39, 0.29) is 0 Å². The molecule has 58 valence electrons.